The van der Waals surface area contributed by atoms with Crippen molar-refractivity contribution in [1.29, 1.82) is 0 Å². The maximum atomic E-state index is 10.9. The number of hydrogen-bond donors (Lipinski definition) is 1. The molecule has 0 bridgehead atoms. The number of hydrogen-bond acceptors (Lipinski definition) is 4. The van der Waals surface area contributed by atoms with E-state index in [2.05, 4.69) is 23.9 Å². The van der Waals surface area contributed by atoms with Crippen LogP contribution in [0.15, 0.2) is 11.4 Å². The Morgan fingerprint density at radius 2 is 2.17 bits per heavy atom. The standard InChI is InChI=1S/C13H20N2O2S/c1-14(2)8-10-3-5-15(6-4-10)11-7-12(13(16)17)18-9-11/h7,9-10H,3-6,8H2,1-2H3,(H,16,17). The third-order valence-electron chi connectivity index (χ3n) is 3.40. The number of rotatable bonds is 4. The van der Waals surface area contributed by atoms with E-state index in [4.69, 9.17) is 5.11 Å². The van der Waals surface area contributed by atoms with Crippen LogP contribution in [0.25, 0.3) is 0 Å². The molecular weight excluding hydrogens is 248 g/mol. The molecule has 5 heteroatoms. The number of carbonyl (C=O) groups is 1. The Morgan fingerprint density at radius 1 is 1.50 bits per heavy atom. The molecule has 1 fully saturated rings. The lowest BCUT2D eigenvalue weighted by molar-refractivity contribution is 0.0702. The van der Waals surface area contributed by atoms with Gasteiger partial charge in [0.2, 0.25) is 0 Å². The van der Waals surface area contributed by atoms with E-state index in [1.54, 1.807) is 6.07 Å². The zero-order valence-corrected chi connectivity index (χ0v) is 11.7. The van der Waals surface area contributed by atoms with Gasteiger partial charge in [0.25, 0.3) is 0 Å². The van der Waals surface area contributed by atoms with Gasteiger partial charge in [0.1, 0.15) is 4.88 Å². The summed E-state index contributed by atoms with van der Waals surface area (Å²) < 4.78 is 0. The lowest BCUT2D eigenvalue weighted by Gasteiger charge is -2.34. The highest BCUT2D eigenvalue weighted by Gasteiger charge is 2.21. The highest BCUT2D eigenvalue weighted by Crippen LogP contribution is 2.27. The smallest absolute Gasteiger partial charge is 0.345 e. The van der Waals surface area contributed by atoms with Crippen molar-refractivity contribution < 1.29 is 9.90 Å². The molecule has 0 unspecified atom stereocenters. The van der Waals surface area contributed by atoms with Gasteiger partial charge in [-0.05, 0) is 38.9 Å². The summed E-state index contributed by atoms with van der Waals surface area (Å²) in [6.45, 7) is 3.22. The van der Waals surface area contributed by atoms with Crippen LogP contribution in [0.2, 0.25) is 0 Å². The molecular formula is C13H20N2O2S. The summed E-state index contributed by atoms with van der Waals surface area (Å²) in [5.41, 5.74) is 1.07. The number of carboxylic acids is 1. The average molecular weight is 268 g/mol. The Labute approximate surface area is 112 Å². The van der Waals surface area contributed by atoms with Crippen LogP contribution >= 0.6 is 11.3 Å². The number of nitrogens with zero attached hydrogens (tertiary/aromatic N) is 2. The second-order valence-corrected chi connectivity index (χ2v) is 6.08. The van der Waals surface area contributed by atoms with Gasteiger partial charge in [-0.25, -0.2) is 4.79 Å². The third-order valence-corrected chi connectivity index (χ3v) is 4.31. The predicted octanol–water partition coefficient (Wildman–Crippen LogP) is 2.22. The predicted molar refractivity (Wildman–Crippen MR) is 74.8 cm³/mol. The Bertz CT molecular complexity index is 409. The highest BCUT2D eigenvalue weighted by molar-refractivity contribution is 7.12. The summed E-state index contributed by atoms with van der Waals surface area (Å²) in [6, 6.07) is 1.79. The van der Waals surface area contributed by atoms with Crippen molar-refractivity contribution in [2.24, 2.45) is 5.92 Å². The number of thiophene rings is 1. The van der Waals surface area contributed by atoms with Crippen molar-refractivity contribution in [3.8, 4) is 0 Å². The molecule has 1 saturated heterocycles. The minimum Gasteiger partial charge on any atom is -0.477 e. The van der Waals surface area contributed by atoms with Gasteiger partial charge in [0.15, 0.2) is 0 Å². The lowest BCUT2D eigenvalue weighted by atomic mass is 9.96. The van der Waals surface area contributed by atoms with E-state index >= 15 is 0 Å². The topological polar surface area (TPSA) is 43.8 Å². The van der Waals surface area contributed by atoms with Crippen molar-refractivity contribution in [2.75, 3.05) is 38.6 Å². The Kier molecular flexibility index (Phi) is 4.24. The molecule has 0 atom stereocenters. The van der Waals surface area contributed by atoms with E-state index in [0.29, 0.717) is 4.88 Å². The minimum atomic E-state index is -0.825. The number of anilines is 1. The molecule has 0 radical (unpaired) electrons. The van der Waals surface area contributed by atoms with Crippen LogP contribution in [0.4, 0.5) is 5.69 Å². The zero-order valence-electron chi connectivity index (χ0n) is 10.9. The molecule has 0 saturated carbocycles. The maximum absolute atomic E-state index is 10.9. The first-order valence-electron chi connectivity index (χ1n) is 6.28. The lowest BCUT2D eigenvalue weighted by Crippen LogP contribution is -2.36. The van der Waals surface area contributed by atoms with Gasteiger partial charge in [-0.3, -0.25) is 0 Å². The monoisotopic (exact) mass is 268 g/mol. The normalized spacial score (nSPS) is 17.4. The van der Waals surface area contributed by atoms with Crippen molar-refractivity contribution in [2.45, 2.75) is 12.8 Å². The molecule has 100 valence electrons. The highest BCUT2D eigenvalue weighted by atomic mass is 32.1. The number of aromatic carboxylic acids is 1. The van der Waals surface area contributed by atoms with E-state index in [1.807, 2.05) is 5.38 Å². The Balaban J connectivity index is 1.90. The van der Waals surface area contributed by atoms with Gasteiger partial charge in [0, 0.05) is 30.7 Å². The molecule has 0 spiro atoms. The van der Waals surface area contributed by atoms with Crippen molar-refractivity contribution in [1.82, 2.24) is 4.90 Å². The minimum absolute atomic E-state index is 0.431. The van der Waals surface area contributed by atoms with Crippen LogP contribution in [0, 0.1) is 5.92 Å². The largest absolute Gasteiger partial charge is 0.477 e. The van der Waals surface area contributed by atoms with Crippen LogP contribution in [0.1, 0.15) is 22.5 Å². The van der Waals surface area contributed by atoms with E-state index in [0.717, 1.165) is 31.2 Å². The molecule has 1 aromatic heterocycles. The molecule has 4 nitrogen and oxygen atoms in total. The fraction of sp³-hybridized carbons (Fsp3) is 0.615. The summed E-state index contributed by atoms with van der Waals surface area (Å²) in [5.74, 6) is -0.0532. The Hall–Kier alpha value is -1.07. The van der Waals surface area contributed by atoms with Crippen LogP contribution in [0.3, 0.4) is 0 Å². The molecule has 18 heavy (non-hydrogen) atoms. The molecule has 2 rings (SSSR count). The number of carboxylic acid groups (broad SMARTS) is 1. The molecule has 1 aliphatic heterocycles. The van der Waals surface area contributed by atoms with E-state index in [9.17, 15) is 4.79 Å². The summed E-state index contributed by atoms with van der Waals surface area (Å²) in [7, 11) is 4.23. The van der Waals surface area contributed by atoms with Gasteiger partial charge >= 0.3 is 5.97 Å². The second kappa shape index (κ2) is 5.71. The van der Waals surface area contributed by atoms with Gasteiger partial charge in [-0.2, -0.15) is 0 Å². The van der Waals surface area contributed by atoms with Crippen molar-refractivity contribution >= 4 is 23.0 Å². The quantitative estimate of drug-likeness (QED) is 0.909. The van der Waals surface area contributed by atoms with Gasteiger partial charge < -0.3 is 14.9 Å². The first-order valence-corrected chi connectivity index (χ1v) is 7.15. The zero-order chi connectivity index (χ0) is 13.1. The fourth-order valence-electron chi connectivity index (χ4n) is 2.49. The first-order chi connectivity index (χ1) is 8.56. The molecule has 0 aliphatic carbocycles. The summed E-state index contributed by atoms with van der Waals surface area (Å²) in [5, 5.41) is 10.9. The van der Waals surface area contributed by atoms with Crippen LogP contribution in [-0.2, 0) is 0 Å². The molecule has 2 heterocycles. The van der Waals surface area contributed by atoms with E-state index in [-0.39, 0.29) is 0 Å². The molecule has 0 amide bonds. The molecule has 0 aromatic carbocycles. The van der Waals surface area contributed by atoms with Gasteiger partial charge in [-0.15, -0.1) is 11.3 Å². The molecule has 1 aliphatic rings. The number of piperidine rings is 1. The average Bonchev–Trinajstić information content (AvgIpc) is 2.78. The summed E-state index contributed by atoms with van der Waals surface area (Å²) >= 11 is 1.31. The van der Waals surface area contributed by atoms with Crippen molar-refractivity contribution in [3.05, 3.63) is 16.3 Å². The van der Waals surface area contributed by atoms with Gasteiger partial charge in [0.05, 0.1) is 0 Å². The maximum Gasteiger partial charge on any atom is 0.345 e. The van der Waals surface area contributed by atoms with Crippen LogP contribution < -0.4 is 4.90 Å². The molecule has 1 N–H and O–H groups in total. The SMILES string of the molecule is CN(C)CC1CCN(c2csc(C(=O)O)c2)CC1. The van der Waals surface area contributed by atoms with Crippen molar-refractivity contribution in [3.63, 3.8) is 0 Å². The fourth-order valence-corrected chi connectivity index (χ4v) is 3.25. The Morgan fingerprint density at radius 3 is 2.67 bits per heavy atom. The molecule has 1 aromatic rings. The second-order valence-electron chi connectivity index (χ2n) is 5.17. The van der Waals surface area contributed by atoms with E-state index < -0.39 is 5.97 Å². The summed E-state index contributed by atoms with van der Waals surface area (Å²) in [6.07, 6.45) is 2.38. The first kappa shape index (κ1) is 13.4. The third kappa shape index (κ3) is 3.23. The van der Waals surface area contributed by atoms with E-state index in [1.165, 1.54) is 24.2 Å². The summed E-state index contributed by atoms with van der Waals surface area (Å²) in [4.78, 5) is 15.8. The van der Waals surface area contributed by atoms with Crippen LogP contribution in [0.5, 0.6) is 0 Å². The van der Waals surface area contributed by atoms with Gasteiger partial charge in [-0.1, -0.05) is 0 Å². The van der Waals surface area contributed by atoms with Crippen LogP contribution in [-0.4, -0.2) is 49.7 Å².